The first-order valence-electron chi connectivity index (χ1n) is 8.11. The van der Waals surface area contributed by atoms with E-state index in [-0.39, 0.29) is 11.9 Å². The number of anilines is 1. The fourth-order valence-corrected chi connectivity index (χ4v) is 2.98. The molecule has 0 atom stereocenters. The highest BCUT2D eigenvalue weighted by molar-refractivity contribution is 9.10. The second kappa shape index (κ2) is 7.20. The molecule has 1 heterocycles. The van der Waals surface area contributed by atoms with E-state index in [1.165, 1.54) is 7.11 Å². The number of methoxy groups -OCH3 is 1. The maximum atomic E-state index is 12.7. The molecule has 0 aliphatic rings. The van der Waals surface area contributed by atoms with Crippen LogP contribution in [0.5, 0.6) is 5.75 Å². The summed E-state index contributed by atoms with van der Waals surface area (Å²) in [6.45, 7) is 0. The van der Waals surface area contributed by atoms with Gasteiger partial charge in [0, 0.05) is 10.0 Å². The highest BCUT2D eigenvalue weighted by Crippen LogP contribution is 2.27. The molecular formula is C20H14BrN3O3. The fourth-order valence-electron chi connectivity index (χ4n) is 2.71. The number of nitrogens with one attached hydrogen (secondary N) is 1. The van der Waals surface area contributed by atoms with Crippen LogP contribution in [0.2, 0.25) is 0 Å². The quantitative estimate of drug-likeness (QED) is 0.504. The maximum Gasteiger partial charge on any atom is 0.322 e. The Morgan fingerprint density at radius 1 is 1.04 bits per heavy atom. The van der Waals surface area contributed by atoms with Gasteiger partial charge in [-0.25, -0.2) is 0 Å². The summed E-state index contributed by atoms with van der Waals surface area (Å²) in [5, 5.41) is 12.4. The third-order valence-electron chi connectivity index (χ3n) is 4.05. The Balaban J connectivity index is 1.61. The summed E-state index contributed by atoms with van der Waals surface area (Å²) in [7, 11) is 1.53. The molecule has 134 valence electrons. The van der Waals surface area contributed by atoms with Crippen molar-refractivity contribution in [2.24, 2.45) is 0 Å². The van der Waals surface area contributed by atoms with Crippen LogP contribution in [0.15, 0.2) is 69.6 Å². The minimum atomic E-state index is -0.386. The molecule has 0 aliphatic carbocycles. The predicted octanol–water partition coefficient (Wildman–Crippen LogP) is 4.91. The summed E-state index contributed by atoms with van der Waals surface area (Å²) >= 11 is 3.38. The smallest absolute Gasteiger partial charge is 0.322 e. The lowest BCUT2D eigenvalue weighted by molar-refractivity contribution is 0.102. The lowest BCUT2D eigenvalue weighted by atomic mass is 10.1. The van der Waals surface area contributed by atoms with E-state index in [0.717, 1.165) is 20.8 Å². The van der Waals surface area contributed by atoms with Gasteiger partial charge in [-0.3, -0.25) is 10.1 Å². The Bertz CT molecular complexity index is 1120. The van der Waals surface area contributed by atoms with Crippen LogP contribution in [0.3, 0.4) is 0 Å². The topological polar surface area (TPSA) is 77.2 Å². The first-order chi connectivity index (χ1) is 13.1. The summed E-state index contributed by atoms with van der Waals surface area (Å²) in [5.41, 5.74) is 1.15. The zero-order chi connectivity index (χ0) is 18.8. The number of ether oxygens (including phenoxy) is 1. The Morgan fingerprint density at radius 3 is 2.44 bits per heavy atom. The number of carbonyl (C=O) groups is 1. The summed E-state index contributed by atoms with van der Waals surface area (Å²) < 4.78 is 11.9. The molecular weight excluding hydrogens is 410 g/mol. The number of aromatic nitrogens is 2. The van der Waals surface area contributed by atoms with E-state index >= 15 is 0 Å². The zero-order valence-electron chi connectivity index (χ0n) is 14.3. The van der Waals surface area contributed by atoms with Gasteiger partial charge in [0.15, 0.2) is 0 Å². The molecule has 0 spiro atoms. The fraction of sp³-hybridized carbons (Fsp3) is 0.0500. The molecule has 4 aromatic rings. The van der Waals surface area contributed by atoms with Crippen LogP contribution in [-0.2, 0) is 0 Å². The first kappa shape index (κ1) is 17.2. The number of fused-ring (bicyclic) bond motifs is 1. The second-order valence-corrected chi connectivity index (χ2v) is 6.69. The van der Waals surface area contributed by atoms with Gasteiger partial charge in [-0.05, 0) is 47.2 Å². The molecule has 6 nitrogen and oxygen atoms in total. The molecule has 27 heavy (non-hydrogen) atoms. The van der Waals surface area contributed by atoms with Crippen LogP contribution in [0.1, 0.15) is 10.4 Å². The normalized spacial score (nSPS) is 10.7. The van der Waals surface area contributed by atoms with Crippen LogP contribution < -0.4 is 10.1 Å². The van der Waals surface area contributed by atoms with Gasteiger partial charge in [0.05, 0.1) is 12.7 Å². The van der Waals surface area contributed by atoms with Crippen molar-refractivity contribution in [1.29, 1.82) is 0 Å². The van der Waals surface area contributed by atoms with Crippen LogP contribution in [0, 0.1) is 0 Å². The van der Waals surface area contributed by atoms with Crippen molar-refractivity contribution >= 4 is 38.6 Å². The van der Waals surface area contributed by atoms with Crippen LogP contribution in [-0.4, -0.2) is 23.2 Å². The molecule has 0 aliphatic heterocycles. The minimum absolute atomic E-state index is 0.0214. The molecule has 0 bridgehead atoms. The van der Waals surface area contributed by atoms with E-state index in [1.807, 2.05) is 54.6 Å². The molecule has 0 saturated heterocycles. The van der Waals surface area contributed by atoms with Gasteiger partial charge in [-0.1, -0.05) is 45.3 Å². The zero-order valence-corrected chi connectivity index (χ0v) is 15.9. The van der Waals surface area contributed by atoms with Crippen molar-refractivity contribution in [1.82, 2.24) is 10.2 Å². The van der Waals surface area contributed by atoms with Gasteiger partial charge in [-0.2, -0.15) is 0 Å². The van der Waals surface area contributed by atoms with Crippen molar-refractivity contribution in [2.45, 2.75) is 0 Å². The van der Waals surface area contributed by atoms with Crippen molar-refractivity contribution in [3.8, 4) is 17.2 Å². The van der Waals surface area contributed by atoms with Crippen molar-refractivity contribution in [2.75, 3.05) is 12.4 Å². The third-order valence-corrected chi connectivity index (χ3v) is 4.58. The summed E-state index contributed by atoms with van der Waals surface area (Å²) in [6, 6.07) is 18.8. The molecule has 1 amide bonds. The van der Waals surface area contributed by atoms with Crippen LogP contribution in [0.4, 0.5) is 6.01 Å². The Morgan fingerprint density at radius 2 is 1.74 bits per heavy atom. The van der Waals surface area contributed by atoms with E-state index in [0.29, 0.717) is 17.2 Å². The number of amides is 1. The summed E-state index contributed by atoms with van der Waals surface area (Å²) in [6.07, 6.45) is 0. The number of hydrogen-bond acceptors (Lipinski definition) is 5. The molecule has 0 radical (unpaired) electrons. The van der Waals surface area contributed by atoms with E-state index in [9.17, 15) is 4.79 Å². The molecule has 1 aromatic heterocycles. The SMILES string of the molecule is COc1cc2ccccc2cc1C(=O)Nc1nnc(-c2ccc(Br)cc2)o1. The van der Waals surface area contributed by atoms with Gasteiger partial charge >= 0.3 is 6.01 Å². The van der Waals surface area contributed by atoms with E-state index < -0.39 is 0 Å². The highest BCUT2D eigenvalue weighted by Gasteiger charge is 2.17. The number of carbonyl (C=O) groups excluding carboxylic acids is 1. The largest absolute Gasteiger partial charge is 0.496 e. The third kappa shape index (κ3) is 3.54. The van der Waals surface area contributed by atoms with Gasteiger partial charge in [0.1, 0.15) is 5.75 Å². The average molecular weight is 424 g/mol. The van der Waals surface area contributed by atoms with Gasteiger partial charge < -0.3 is 9.15 Å². The Labute approximate surface area is 163 Å². The summed E-state index contributed by atoms with van der Waals surface area (Å²) in [5.74, 6) is 0.408. The number of benzene rings is 3. The van der Waals surface area contributed by atoms with Crippen molar-refractivity contribution in [3.05, 3.63) is 70.7 Å². The summed E-state index contributed by atoms with van der Waals surface area (Å²) in [4.78, 5) is 12.7. The minimum Gasteiger partial charge on any atom is -0.496 e. The highest BCUT2D eigenvalue weighted by atomic mass is 79.9. The van der Waals surface area contributed by atoms with E-state index in [1.54, 1.807) is 6.07 Å². The number of nitrogens with zero attached hydrogens (tertiary/aromatic N) is 2. The lowest BCUT2D eigenvalue weighted by Crippen LogP contribution is -2.13. The number of halogens is 1. The molecule has 3 aromatic carbocycles. The van der Waals surface area contributed by atoms with Crippen LogP contribution in [0.25, 0.3) is 22.2 Å². The molecule has 0 fully saturated rings. The maximum absolute atomic E-state index is 12.7. The lowest BCUT2D eigenvalue weighted by Gasteiger charge is -2.09. The Kier molecular flexibility index (Phi) is 4.60. The van der Waals surface area contributed by atoms with E-state index in [2.05, 4.69) is 31.4 Å². The number of hydrogen-bond donors (Lipinski definition) is 1. The molecule has 0 unspecified atom stereocenters. The average Bonchev–Trinajstić information content (AvgIpc) is 3.15. The Hall–Kier alpha value is -3.19. The van der Waals surface area contributed by atoms with Crippen LogP contribution >= 0.6 is 15.9 Å². The standard InChI is InChI=1S/C20H14BrN3O3/c1-26-17-11-14-5-3-2-4-13(14)10-16(17)18(25)22-20-24-23-19(27-20)12-6-8-15(21)9-7-12/h2-11H,1H3,(H,22,24,25). The molecule has 4 rings (SSSR count). The van der Waals surface area contributed by atoms with Crippen molar-refractivity contribution in [3.63, 3.8) is 0 Å². The van der Waals surface area contributed by atoms with Crippen molar-refractivity contribution < 1.29 is 13.9 Å². The molecule has 1 N–H and O–H groups in total. The number of rotatable bonds is 4. The second-order valence-electron chi connectivity index (χ2n) is 5.77. The molecule has 7 heteroatoms. The van der Waals surface area contributed by atoms with E-state index in [4.69, 9.17) is 9.15 Å². The predicted molar refractivity (Wildman–Crippen MR) is 106 cm³/mol. The van der Waals surface area contributed by atoms with Gasteiger partial charge in [0.25, 0.3) is 5.91 Å². The monoisotopic (exact) mass is 423 g/mol. The van der Waals surface area contributed by atoms with Gasteiger partial charge in [0.2, 0.25) is 5.89 Å². The van der Waals surface area contributed by atoms with Gasteiger partial charge in [-0.15, -0.1) is 5.10 Å². The first-order valence-corrected chi connectivity index (χ1v) is 8.91. The molecule has 0 saturated carbocycles.